The number of nitrogens with two attached hydrogens (primary N) is 1. The molecule has 7 heteroatoms. The highest BCUT2D eigenvalue weighted by Gasteiger charge is 2.25. The van der Waals surface area contributed by atoms with Crippen LogP contribution in [0.5, 0.6) is 0 Å². The molecule has 0 radical (unpaired) electrons. The van der Waals surface area contributed by atoms with Crippen LogP contribution in [0.25, 0.3) is 0 Å². The Labute approximate surface area is 116 Å². The van der Waals surface area contributed by atoms with Crippen molar-refractivity contribution in [1.29, 1.82) is 0 Å². The summed E-state index contributed by atoms with van der Waals surface area (Å²) in [5.41, 5.74) is 6.29. The molecule has 1 aromatic rings. The maximum atomic E-state index is 12.4. The predicted octanol–water partition coefficient (Wildman–Crippen LogP) is 0.622. The molecule has 2 N–H and O–H groups in total. The molecule has 0 saturated carbocycles. The topological polar surface area (TPSA) is 79.5 Å². The first-order valence-electron chi connectivity index (χ1n) is 5.93. The highest BCUT2D eigenvalue weighted by Crippen LogP contribution is 2.18. The van der Waals surface area contributed by atoms with E-state index in [1.54, 1.807) is 11.9 Å². The summed E-state index contributed by atoms with van der Waals surface area (Å²) in [4.78, 5) is 31.1. The molecule has 2 amide bonds. The lowest BCUT2D eigenvalue weighted by atomic mass is 10.2. The first kappa shape index (κ1) is 13.6. The molecule has 19 heavy (non-hydrogen) atoms. The fourth-order valence-electron chi connectivity index (χ4n) is 1.96. The van der Waals surface area contributed by atoms with E-state index in [4.69, 9.17) is 17.3 Å². The lowest BCUT2D eigenvalue weighted by molar-refractivity contribution is -0.129. The number of amides is 2. The fraction of sp³-hybridized carbons (Fsp3) is 0.417. The molecule has 0 aromatic carbocycles. The van der Waals surface area contributed by atoms with Crippen molar-refractivity contribution in [2.75, 3.05) is 32.4 Å². The number of likely N-dealkylation sites (N-methyl/N-ethyl adjacent to an activating group) is 1. The van der Waals surface area contributed by atoms with Gasteiger partial charge in [0.05, 0.1) is 17.4 Å². The quantitative estimate of drug-likeness (QED) is 0.766. The van der Waals surface area contributed by atoms with E-state index in [0.29, 0.717) is 13.1 Å². The first-order chi connectivity index (χ1) is 8.99. The molecule has 6 nitrogen and oxygen atoms in total. The Morgan fingerprint density at radius 1 is 1.47 bits per heavy atom. The van der Waals surface area contributed by atoms with Crippen LogP contribution in [-0.2, 0) is 4.79 Å². The molecule has 2 rings (SSSR count). The van der Waals surface area contributed by atoms with Crippen LogP contribution < -0.4 is 5.73 Å². The number of carbonyl (C=O) groups excluding carboxylic acids is 2. The molecule has 1 aliphatic heterocycles. The van der Waals surface area contributed by atoms with E-state index < -0.39 is 0 Å². The van der Waals surface area contributed by atoms with E-state index in [0.717, 1.165) is 6.42 Å². The summed E-state index contributed by atoms with van der Waals surface area (Å²) in [5.74, 6) is -0.366. The summed E-state index contributed by atoms with van der Waals surface area (Å²) < 4.78 is 0. The Morgan fingerprint density at radius 3 is 2.95 bits per heavy atom. The summed E-state index contributed by atoms with van der Waals surface area (Å²) in [5, 5.41) is 0.204. The molecule has 1 aromatic heterocycles. The SMILES string of the molecule is CN1CCCN(C(=O)c2cc(Cl)ncc2N)CC1=O. The van der Waals surface area contributed by atoms with Gasteiger partial charge in [-0.25, -0.2) is 4.98 Å². The van der Waals surface area contributed by atoms with Crippen molar-refractivity contribution in [3.8, 4) is 0 Å². The maximum absolute atomic E-state index is 12.4. The number of pyridine rings is 1. The van der Waals surface area contributed by atoms with Crippen molar-refractivity contribution in [3.63, 3.8) is 0 Å². The van der Waals surface area contributed by atoms with Crippen molar-refractivity contribution in [2.45, 2.75) is 6.42 Å². The summed E-state index contributed by atoms with van der Waals surface area (Å²) in [6.45, 7) is 1.23. The number of carbonyl (C=O) groups is 2. The third kappa shape index (κ3) is 2.96. The van der Waals surface area contributed by atoms with Gasteiger partial charge in [-0.3, -0.25) is 9.59 Å². The zero-order valence-electron chi connectivity index (χ0n) is 10.6. The largest absolute Gasteiger partial charge is 0.397 e. The second-order valence-electron chi connectivity index (χ2n) is 4.49. The number of aromatic nitrogens is 1. The summed E-state index contributed by atoms with van der Waals surface area (Å²) >= 11 is 5.77. The number of rotatable bonds is 1. The Kier molecular flexibility index (Phi) is 3.90. The number of nitrogens with zero attached hydrogens (tertiary/aromatic N) is 3. The van der Waals surface area contributed by atoms with Crippen LogP contribution >= 0.6 is 11.6 Å². The van der Waals surface area contributed by atoms with Crippen molar-refractivity contribution in [2.24, 2.45) is 0 Å². The average Bonchev–Trinajstić information content (AvgIpc) is 2.54. The van der Waals surface area contributed by atoms with Crippen LogP contribution in [0.2, 0.25) is 5.15 Å². The standard InChI is InChI=1S/C12H15ClN4O2/c1-16-3-2-4-17(7-11(16)18)12(19)8-5-10(13)15-6-9(8)14/h5-6H,2-4,7,14H2,1H3. The summed E-state index contributed by atoms with van der Waals surface area (Å²) in [6.07, 6.45) is 2.09. The number of hydrogen-bond donors (Lipinski definition) is 1. The summed E-state index contributed by atoms with van der Waals surface area (Å²) in [7, 11) is 1.73. The zero-order chi connectivity index (χ0) is 14.0. The number of hydrogen-bond acceptors (Lipinski definition) is 4. The van der Waals surface area contributed by atoms with Crippen LogP contribution in [0.15, 0.2) is 12.3 Å². The van der Waals surface area contributed by atoms with E-state index >= 15 is 0 Å². The van der Waals surface area contributed by atoms with Gasteiger partial charge in [0, 0.05) is 20.1 Å². The number of anilines is 1. The molecular weight excluding hydrogens is 268 g/mol. The van der Waals surface area contributed by atoms with Crippen LogP contribution in [0.3, 0.4) is 0 Å². The Bertz CT molecular complexity index is 520. The monoisotopic (exact) mass is 282 g/mol. The summed E-state index contributed by atoms with van der Waals surface area (Å²) in [6, 6.07) is 1.43. The predicted molar refractivity (Wildman–Crippen MR) is 71.8 cm³/mol. The van der Waals surface area contributed by atoms with Crippen LogP contribution in [-0.4, -0.2) is 53.3 Å². The minimum atomic E-state index is -0.287. The van der Waals surface area contributed by atoms with Gasteiger partial charge in [-0.2, -0.15) is 0 Å². The highest BCUT2D eigenvalue weighted by molar-refractivity contribution is 6.29. The Balaban J connectivity index is 2.23. The third-order valence-corrected chi connectivity index (χ3v) is 3.30. The van der Waals surface area contributed by atoms with Crippen molar-refractivity contribution >= 4 is 29.1 Å². The molecule has 1 aliphatic rings. The van der Waals surface area contributed by atoms with Gasteiger partial charge in [0.15, 0.2) is 0 Å². The molecule has 2 heterocycles. The van der Waals surface area contributed by atoms with E-state index in [2.05, 4.69) is 4.98 Å². The van der Waals surface area contributed by atoms with Crippen molar-refractivity contribution in [1.82, 2.24) is 14.8 Å². The van der Waals surface area contributed by atoms with Gasteiger partial charge in [-0.05, 0) is 12.5 Å². The van der Waals surface area contributed by atoms with Crippen LogP contribution in [0.4, 0.5) is 5.69 Å². The molecule has 0 atom stereocenters. The van der Waals surface area contributed by atoms with E-state index in [9.17, 15) is 9.59 Å². The van der Waals surface area contributed by atoms with Crippen molar-refractivity contribution < 1.29 is 9.59 Å². The highest BCUT2D eigenvalue weighted by atomic mass is 35.5. The van der Waals surface area contributed by atoms with Gasteiger partial charge >= 0.3 is 0 Å². The van der Waals surface area contributed by atoms with Gasteiger partial charge in [0.2, 0.25) is 5.91 Å². The fourth-order valence-corrected chi connectivity index (χ4v) is 2.11. The molecule has 1 fully saturated rings. The van der Waals surface area contributed by atoms with E-state index in [-0.39, 0.29) is 34.8 Å². The van der Waals surface area contributed by atoms with Gasteiger partial charge < -0.3 is 15.5 Å². The first-order valence-corrected chi connectivity index (χ1v) is 6.31. The molecule has 0 unspecified atom stereocenters. The molecule has 102 valence electrons. The molecule has 0 bridgehead atoms. The molecule has 1 saturated heterocycles. The maximum Gasteiger partial charge on any atom is 0.256 e. The van der Waals surface area contributed by atoms with E-state index in [1.165, 1.54) is 17.2 Å². The normalized spacial score (nSPS) is 16.4. The lowest BCUT2D eigenvalue weighted by Crippen LogP contribution is -2.38. The molecular formula is C12H15ClN4O2. The second kappa shape index (κ2) is 5.44. The van der Waals surface area contributed by atoms with Gasteiger partial charge in [0.1, 0.15) is 11.7 Å². The van der Waals surface area contributed by atoms with Crippen LogP contribution in [0, 0.1) is 0 Å². The Morgan fingerprint density at radius 2 is 2.21 bits per heavy atom. The molecule has 0 aliphatic carbocycles. The van der Waals surface area contributed by atoms with Gasteiger partial charge in [-0.1, -0.05) is 11.6 Å². The van der Waals surface area contributed by atoms with Gasteiger partial charge in [0.25, 0.3) is 5.91 Å². The number of nitrogen functional groups attached to an aromatic ring is 1. The van der Waals surface area contributed by atoms with Crippen molar-refractivity contribution in [3.05, 3.63) is 23.0 Å². The lowest BCUT2D eigenvalue weighted by Gasteiger charge is -2.20. The Hall–Kier alpha value is -1.82. The third-order valence-electron chi connectivity index (χ3n) is 3.09. The number of halogens is 1. The zero-order valence-corrected chi connectivity index (χ0v) is 11.4. The van der Waals surface area contributed by atoms with Gasteiger partial charge in [-0.15, -0.1) is 0 Å². The second-order valence-corrected chi connectivity index (χ2v) is 4.88. The average molecular weight is 283 g/mol. The minimum absolute atomic E-state index is 0.0642. The molecule has 0 spiro atoms. The van der Waals surface area contributed by atoms with Crippen LogP contribution in [0.1, 0.15) is 16.8 Å². The minimum Gasteiger partial charge on any atom is -0.397 e. The van der Waals surface area contributed by atoms with E-state index in [1.807, 2.05) is 0 Å². The smallest absolute Gasteiger partial charge is 0.256 e.